The van der Waals surface area contributed by atoms with Crippen LogP contribution in [-0.2, 0) is 0 Å². The fourth-order valence-corrected chi connectivity index (χ4v) is 4.59. The van der Waals surface area contributed by atoms with Gasteiger partial charge >= 0.3 is 0 Å². The molecule has 0 saturated heterocycles. The van der Waals surface area contributed by atoms with E-state index in [2.05, 4.69) is 10.3 Å². The van der Waals surface area contributed by atoms with Crippen molar-refractivity contribution in [3.05, 3.63) is 106 Å². The average molecular weight is 458 g/mol. The molecule has 0 unspecified atom stereocenters. The number of fused-ring (bicyclic) bond motifs is 2. The van der Waals surface area contributed by atoms with Gasteiger partial charge in [0.05, 0.1) is 11.1 Å². The summed E-state index contributed by atoms with van der Waals surface area (Å²) in [6.45, 7) is 0.300. The minimum Gasteiger partial charge on any atom is -0.361 e. The number of halogens is 1. The van der Waals surface area contributed by atoms with Gasteiger partial charge in [-0.15, -0.1) is 0 Å². The lowest BCUT2D eigenvalue weighted by Crippen LogP contribution is -2.29. The Balaban J connectivity index is 1.45. The number of nitrogens with zero attached hydrogens (tertiary/aromatic N) is 1. The van der Waals surface area contributed by atoms with E-state index in [1.54, 1.807) is 6.07 Å². The van der Waals surface area contributed by atoms with Gasteiger partial charge in [-0.1, -0.05) is 48.0 Å². The number of para-hydroxylation sites is 1. The Kier molecular flexibility index (Phi) is 5.23. The van der Waals surface area contributed by atoms with Gasteiger partial charge in [0.1, 0.15) is 0 Å². The van der Waals surface area contributed by atoms with Crippen LogP contribution in [0.2, 0.25) is 5.02 Å². The summed E-state index contributed by atoms with van der Waals surface area (Å²) in [7, 11) is 1.43. The summed E-state index contributed by atoms with van der Waals surface area (Å²) in [5, 5.41) is 4.66. The first-order valence-electron chi connectivity index (χ1n) is 10.5. The van der Waals surface area contributed by atoms with Crippen molar-refractivity contribution in [1.82, 2.24) is 15.2 Å². The molecule has 0 saturated carbocycles. The fourth-order valence-electron chi connectivity index (χ4n) is 4.33. The number of imide groups is 1. The summed E-state index contributed by atoms with van der Waals surface area (Å²) in [6.07, 6.45) is 1.94. The molecule has 2 N–H and O–H groups in total. The van der Waals surface area contributed by atoms with Crippen LogP contribution in [0.25, 0.3) is 10.9 Å². The summed E-state index contributed by atoms with van der Waals surface area (Å²) >= 11 is 6.53. The van der Waals surface area contributed by atoms with Gasteiger partial charge in [0, 0.05) is 47.2 Å². The number of rotatable bonds is 5. The number of hydrogen-bond acceptors (Lipinski definition) is 3. The number of benzene rings is 3. The van der Waals surface area contributed by atoms with E-state index in [4.69, 9.17) is 11.6 Å². The SMILES string of the molecule is CN1C(=O)c2ccc(C(=O)NC[C@@H](c3ccccc3Cl)c3c[nH]c4ccccc34)cc2C1=O. The lowest BCUT2D eigenvalue weighted by molar-refractivity contribution is 0.0693. The van der Waals surface area contributed by atoms with Crippen molar-refractivity contribution in [1.29, 1.82) is 0 Å². The van der Waals surface area contributed by atoms with E-state index >= 15 is 0 Å². The Labute approximate surface area is 195 Å². The van der Waals surface area contributed by atoms with Gasteiger partial charge in [0.25, 0.3) is 17.7 Å². The second-order valence-corrected chi connectivity index (χ2v) is 8.41. The summed E-state index contributed by atoms with van der Waals surface area (Å²) in [5.74, 6) is -1.29. The summed E-state index contributed by atoms with van der Waals surface area (Å²) in [5.41, 5.74) is 3.81. The molecule has 4 aromatic rings. The van der Waals surface area contributed by atoms with E-state index in [1.807, 2.05) is 54.7 Å². The third-order valence-electron chi connectivity index (χ3n) is 6.10. The van der Waals surface area contributed by atoms with Gasteiger partial charge in [-0.3, -0.25) is 19.3 Å². The van der Waals surface area contributed by atoms with Gasteiger partial charge in [-0.25, -0.2) is 0 Å². The predicted molar refractivity (Wildman–Crippen MR) is 127 cm³/mol. The van der Waals surface area contributed by atoms with Crippen LogP contribution in [0.5, 0.6) is 0 Å². The zero-order chi connectivity index (χ0) is 23.1. The Morgan fingerprint density at radius 1 is 0.970 bits per heavy atom. The molecule has 33 heavy (non-hydrogen) atoms. The van der Waals surface area contributed by atoms with Gasteiger partial charge in [-0.2, -0.15) is 0 Å². The third kappa shape index (κ3) is 3.58. The van der Waals surface area contributed by atoms with Gasteiger partial charge < -0.3 is 10.3 Å². The molecule has 0 radical (unpaired) electrons. The van der Waals surface area contributed by atoms with Crippen molar-refractivity contribution in [3.63, 3.8) is 0 Å². The summed E-state index contributed by atoms with van der Waals surface area (Å²) in [6, 6.07) is 20.1. The van der Waals surface area contributed by atoms with Gasteiger partial charge in [0.2, 0.25) is 0 Å². The average Bonchev–Trinajstić information content (AvgIpc) is 3.35. The maximum absolute atomic E-state index is 13.0. The van der Waals surface area contributed by atoms with Crippen LogP contribution in [-0.4, -0.2) is 41.2 Å². The molecule has 0 fully saturated rings. The normalized spacial score (nSPS) is 13.9. The van der Waals surface area contributed by atoms with Crippen LogP contribution in [0.15, 0.2) is 72.9 Å². The molecule has 6 nitrogen and oxygen atoms in total. The lowest BCUT2D eigenvalue weighted by Gasteiger charge is -2.19. The Hall–Kier alpha value is -3.90. The van der Waals surface area contributed by atoms with Crippen LogP contribution < -0.4 is 5.32 Å². The number of aromatic amines is 1. The Bertz CT molecular complexity index is 1430. The van der Waals surface area contributed by atoms with Crippen LogP contribution >= 0.6 is 11.6 Å². The highest BCUT2D eigenvalue weighted by Gasteiger charge is 2.33. The van der Waals surface area contributed by atoms with Crippen molar-refractivity contribution >= 4 is 40.2 Å². The van der Waals surface area contributed by atoms with Crippen molar-refractivity contribution in [3.8, 4) is 0 Å². The second kappa shape index (κ2) is 8.22. The molecule has 164 valence electrons. The molecule has 3 amide bonds. The fraction of sp³-hybridized carbons (Fsp3) is 0.115. The third-order valence-corrected chi connectivity index (χ3v) is 6.44. The van der Waals surface area contributed by atoms with E-state index in [0.717, 1.165) is 26.9 Å². The summed E-state index contributed by atoms with van der Waals surface area (Å²) < 4.78 is 0. The van der Waals surface area contributed by atoms with Crippen molar-refractivity contribution in [2.75, 3.05) is 13.6 Å². The van der Waals surface area contributed by atoms with Crippen molar-refractivity contribution < 1.29 is 14.4 Å². The number of nitrogens with one attached hydrogen (secondary N) is 2. The maximum atomic E-state index is 13.0. The number of carbonyl (C=O) groups excluding carboxylic acids is 3. The minimum atomic E-state index is -0.405. The molecule has 0 bridgehead atoms. The molecule has 7 heteroatoms. The van der Waals surface area contributed by atoms with Crippen LogP contribution in [0.3, 0.4) is 0 Å². The van der Waals surface area contributed by atoms with E-state index in [-0.39, 0.29) is 23.3 Å². The summed E-state index contributed by atoms with van der Waals surface area (Å²) in [4.78, 5) is 41.8. The molecule has 0 spiro atoms. The number of H-pyrrole nitrogens is 1. The molecule has 2 heterocycles. The first-order chi connectivity index (χ1) is 16.0. The van der Waals surface area contributed by atoms with E-state index < -0.39 is 5.91 Å². The number of hydrogen-bond donors (Lipinski definition) is 2. The highest BCUT2D eigenvalue weighted by atomic mass is 35.5. The first kappa shape index (κ1) is 21.0. The largest absolute Gasteiger partial charge is 0.361 e. The molecule has 0 aliphatic carbocycles. The van der Waals surface area contributed by atoms with Crippen LogP contribution in [0, 0.1) is 0 Å². The Morgan fingerprint density at radius 3 is 2.52 bits per heavy atom. The lowest BCUT2D eigenvalue weighted by atomic mass is 9.90. The predicted octanol–water partition coefficient (Wildman–Crippen LogP) is 4.61. The van der Waals surface area contributed by atoms with Crippen molar-refractivity contribution in [2.45, 2.75) is 5.92 Å². The second-order valence-electron chi connectivity index (χ2n) is 8.00. The zero-order valence-electron chi connectivity index (χ0n) is 17.8. The first-order valence-corrected chi connectivity index (χ1v) is 10.9. The zero-order valence-corrected chi connectivity index (χ0v) is 18.5. The molecule has 1 atom stereocenters. The Morgan fingerprint density at radius 2 is 1.70 bits per heavy atom. The number of carbonyl (C=O) groups is 3. The molecule has 3 aromatic carbocycles. The molecular formula is C26H20ClN3O3. The molecule has 1 aliphatic rings. The molecule has 1 aromatic heterocycles. The number of aromatic nitrogens is 1. The van der Waals surface area contributed by atoms with E-state index in [9.17, 15) is 14.4 Å². The quantitative estimate of drug-likeness (QED) is 0.429. The number of amides is 3. The molecular weight excluding hydrogens is 438 g/mol. The highest BCUT2D eigenvalue weighted by molar-refractivity contribution is 6.31. The van der Waals surface area contributed by atoms with Crippen LogP contribution in [0.1, 0.15) is 48.1 Å². The monoisotopic (exact) mass is 457 g/mol. The standard InChI is InChI=1S/C26H20ClN3O3/c1-30-25(32)18-11-10-15(12-19(18)26(30)33)24(31)29-14-20(16-6-2-4-8-22(16)27)21-13-28-23-9-5-3-7-17(21)23/h2-13,20,28H,14H2,1H3,(H,29,31)/t20-/m0/s1. The molecule has 1 aliphatic heterocycles. The molecule has 5 rings (SSSR count). The van der Waals surface area contributed by atoms with Crippen LogP contribution in [0.4, 0.5) is 0 Å². The van der Waals surface area contributed by atoms with E-state index in [1.165, 1.54) is 19.2 Å². The van der Waals surface area contributed by atoms with Gasteiger partial charge in [-0.05, 0) is 41.5 Å². The highest BCUT2D eigenvalue weighted by Crippen LogP contribution is 2.34. The maximum Gasteiger partial charge on any atom is 0.261 e. The topological polar surface area (TPSA) is 82.3 Å². The minimum absolute atomic E-state index is 0.192. The van der Waals surface area contributed by atoms with Crippen molar-refractivity contribution in [2.24, 2.45) is 0 Å². The van der Waals surface area contributed by atoms with E-state index in [0.29, 0.717) is 22.7 Å². The smallest absolute Gasteiger partial charge is 0.261 e. The van der Waals surface area contributed by atoms with Gasteiger partial charge in [0.15, 0.2) is 0 Å².